The molecule has 2 rings (SSSR count). The van der Waals surface area contributed by atoms with Gasteiger partial charge in [0.2, 0.25) is 0 Å². The Balaban J connectivity index is 1.90. The molecule has 0 atom stereocenters. The summed E-state index contributed by atoms with van der Waals surface area (Å²) < 4.78 is 55.8. The summed E-state index contributed by atoms with van der Waals surface area (Å²) in [6, 6.07) is 8.26. The monoisotopic (exact) mass is 375 g/mol. The molecule has 0 unspecified atom stereocenters. The third-order valence-electron chi connectivity index (χ3n) is 3.38. The van der Waals surface area contributed by atoms with Crippen molar-refractivity contribution in [3.8, 4) is 5.75 Å². The standard InChI is InChI=1S/C17H14ClF4NO2/c1-23(9-11-2-4-12(5-3-11)17(20,21)22)16(24)10-25-13-6-7-15(19)14(18)8-13/h2-8H,9-10H2,1H3. The lowest BCUT2D eigenvalue weighted by Gasteiger charge is -2.18. The van der Waals surface area contributed by atoms with E-state index in [2.05, 4.69) is 0 Å². The predicted octanol–water partition coefficient (Wildman–Crippen LogP) is 4.54. The minimum Gasteiger partial charge on any atom is -0.484 e. The second-order valence-corrected chi connectivity index (χ2v) is 5.72. The Hall–Kier alpha value is -2.28. The average molecular weight is 376 g/mol. The Bertz CT molecular complexity index is 747. The van der Waals surface area contributed by atoms with E-state index in [0.29, 0.717) is 5.56 Å². The summed E-state index contributed by atoms with van der Waals surface area (Å²) >= 11 is 5.61. The molecular formula is C17H14ClF4NO2. The number of carbonyl (C=O) groups is 1. The molecule has 2 aromatic carbocycles. The molecular weight excluding hydrogens is 362 g/mol. The van der Waals surface area contributed by atoms with Gasteiger partial charge in [-0.3, -0.25) is 4.79 Å². The minimum absolute atomic E-state index is 0.122. The molecule has 2 aromatic rings. The zero-order valence-electron chi connectivity index (χ0n) is 13.1. The number of amides is 1. The van der Waals surface area contributed by atoms with Gasteiger partial charge in [0.25, 0.3) is 5.91 Å². The van der Waals surface area contributed by atoms with E-state index in [1.807, 2.05) is 0 Å². The van der Waals surface area contributed by atoms with E-state index < -0.39 is 17.6 Å². The third-order valence-corrected chi connectivity index (χ3v) is 3.67. The molecule has 0 aromatic heterocycles. The second-order valence-electron chi connectivity index (χ2n) is 5.31. The number of nitrogens with zero attached hydrogens (tertiary/aromatic N) is 1. The summed E-state index contributed by atoms with van der Waals surface area (Å²) in [4.78, 5) is 13.3. The fraction of sp³-hybridized carbons (Fsp3) is 0.235. The fourth-order valence-electron chi connectivity index (χ4n) is 1.98. The number of ether oxygens (including phenoxy) is 1. The minimum atomic E-state index is -4.40. The van der Waals surface area contributed by atoms with Crippen molar-refractivity contribution in [1.29, 1.82) is 0 Å². The van der Waals surface area contributed by atoms with E-state index in [1.54, 1.807) is 0 Å². The molecule has 0 radical (unpaired) electrons. The van der Waals surface area contributed by atoms with Crippen LogP contribution in [-0.2, 0) is 17.5 Å². The first-order valence-corrected chi connectivity index (χ1v) is 7.52. The van der Waals surface area contributed by atoms with Crippen LogP contribution in [0.15, 0.2) is 42.5 Å². The van der Waals surface area contributed by atoms with Crippen molar-refractivity contribution in [1.82, 2.24) is 4.90 Å². The zero-order chi connectivity index (χ0) is 18.6. The van der Waals surface area contributed by atoms with Gasteiger partial charge in [-0.2, -0.15) is 13.2 Å². The van der Waals surface area contributed by atoms with Gasteiger partial charge in [-0.1, -0.05) is 23.7 Å². The van der Waals surface area contributed by atoms with E-state index in [4.69, 9.17) is 16.3 Å². The molecule has 0 aliphatic heterocycles. The number of rotatable bonds is 5. The highest BCUT2D eigenvalue weighted by Gasteiger charge is 2.29. The number of alkyl halides is 3. The van der Waals surface area contributed by atoms with Crippen molar-refractivity contribution in [3.63, 3.8) is 0 Å². The summed E-state index contributed by atoms with van der Waals surface area (Å²) in [5, 5.41) is -0.122. The van der Waals surface area contributed by atoms with Gasteiger partial charge in [0.1, 0.15) is 11.6 Å². The van der Waals surface area contributed by atoms with E-state index in [9.17, 15) is 22.4 Å². The van der Waals surface area contributed by atoms with Gasteiger partial charge in [0.05, 0.1) is 10.6 Å². The molecule has 1 amide bonds. The van der Waals surface area contributed by atoms with Gasteiger partial charge in [-0.15, -0.1) is 0 Å². The number of carbonyl (C=O) groups excluding carboxylic acids is 1. The molecule has 0 aliphatic rings. The number of hydrogen-bond acceptors (Lipinski definition) is 2. The molecule has 0 N–H and O–H groups in total. The van der Waals surface area contributed by atoms with Crippen LogP contribution in [0, 0.1) is 5.82 Å². The second kappa shape index (κ2) is 7.74. The number of hydrogen-bond donors (Lipinski definition) is 0. The Kier molecular flexibility index (Phi) is 5.89. The summed E-state index contributed by atoms with van der Waals surface area (Å²) in [6.45, 7) is -0.177. The van der Waals surface area contributed by atoms with Gasteiger partial charge in [-0.25, -0.2) is 4.39 Å². The Morgan fingerprint density at radius 1 is 1.16 bits per heavy atom. The van der Waals surface area contributed by atoms with Crippen molar-refractivity contribution in [2.75, 3.05) is 13.7 Å². The van der Waals surface area contributed by atoms with Gasteiger partial charge < -0.3 is 9.64 Å². The molecule has 25 heavy (non-hydrogen) atoms. The smallest absolute Gasteiger partial charge is 0.416 e. The highest BCUT2D eigenvalue weighted by atomic mass is 35.5. The van der Waals surface area contributed by atoms with Crippen LogP contribution < -0.4 is 4.74 Å². The molecule has 8 heteroatoms. The quantitative estimate of drug-likeness (QED) is 0.718. The van der Waals surface area contributed by atoms with E-state index >= 15 is 0 Å². The fourth-order valence-corrected chi connectivity index (χ4v) is 2.15. The lowest BCUT2D eigenvalue weighted by molar-refractivity contribution is -0.137. The maximum Gasteiger partial charge on any atom is 0.416 e. The highest BCUT2D eigenvalue weighted by Crippen LogP contribution is 2.29. The van der Waals surface area contributed by atoms with Gasteiger partial charge in [0, 0.05) is 19.7 Å². The zero-order valence-corrected chi connectivity index (χ0v) is 13.9. The first-order valence-electron chi connectivity index (χ1n) is 7.15. The van der Waals surface area contributed by atoms with Crippen LogP contribution in [0.5, 0.6) is 5.75 Å². The number of benzene rings is 2. The molecule has 0 saturated carbocycles. The Morgan fingerprint density at radius 2 is 1.80 bits per heavy atom. The average Bonchev–Trinajstić information content (AvgIpc) is 2.55. The van der Waals surface area contributed by atoms with Crippen LogP contribution >= 0.6 is 11.6 Å². The molecule has 0 spiro atoms. The molecule has 0 saturated heterocycles. The maximum atomic E-state index is 13.0. The van der Waals surface area contributed by atoms with Crippen LogP contribution in [-0.4, -0.2) is 24.5 Å². The van der Waals surface area contributed by atoms with E-state index in [-0.39, 0.29) is 29.8 Å². The van der Waals surface area contributed by atoms with Crippen LogP contribution in [0.25, 0.3) is 0 Å². The lowest BCUT2D eigenvalue weighted by atomic mass is 10.1. The number of likely N-dealkylation sites (N-methyl/N-ethyl adjacent to an activating group) is 1. The molecule has 0 fully saturated rings. The van der Waals surface area contributed by atoms with Crippen LogP contribution in [0.2, 0.25) is 5.02 Å². The Labute approximate surface area is 146 Å². The van der Waals surface area contributed by atoms with Gasteiger partial charge >= 0.3 is 6.18 Å². The summed E-state index contributed by atoms with van der Waals surface area (Å²) in [5.74, 6) is -0.747. The predicted molar refractivity (Wildman–Crippen MR) is 84.8 cm³/mol. The van der Waals surface area contributed by atoms with Crippen molar-refractivity contribution in [3.05, 3.63) is 64.4 Å². The first-order chi connectivity index (χ1) is 11.7. The van der Waals surface area contributed by atoms with Crippen LogP contribution in [0.4, 0.5) is 17.6 Å². The van der Waals surface area contributed by atoms with E-state index in [0.717, 1.165) is 18.2 Å². The first kappa shape index (κ1) is 19.1. The van der Waals surface area contributed by atoms with Gasteiger partial charge in [-0.05, 0) is 29.8 Å². The van der Waals surface area contributed by atoms with Crippen molar-refractivity contribution < 1.29 is 27.1 Å². The molecule has 0 bridgehead atoms. The summed E-state index contributed by atoms with van der Waals surface area (Å²) in [5.41, 5.74) is -0.199. The summed E-state index contributed by atoms with van der Waals surface area (Å²) in [7, 11) is 1.50. The van der Waals surface area contributed by atoms with E-state index in [1.165, 1.54) is 36.2 Å². The largest absolute Gasteiger partial charge is 0.484 e. The van der Waals surface area contributed by atoms with Crippen LogP contribution in [0.1, 0.15) is 11.1 Å². The van der Waals surface area contributed by atoms with Crippen molar-refractivity contribution in [2.45, 2.75) is 12.7 Å². The number of halogens is 5. The lowest BCUT2D eigenvalue weighted by Crippen LogP contribution is -2.31. The van der Waals surface area contributed by atoms with Crippen molar-refractivity contribution in [2.24, 2.45) is 0 Å². The topological polar surface area (TPSA) is 29.5 Å². The SMILES string of the molecule is CN(Cc1ccc(C(F)(F)F)cc1)C(=O)COc1ccc(F)c(Cl)c1. The van der Waals surface area contributed by atoms with Gasteiger partial charge in [0.15, 0.2) is 6.61 Å². The Morgan fingerprint density at radius 3 is 2.36 bits per heavy atom. The molecule has 134 valence electrons. The highest BCUT2D eigenvalue weighted by molar-refractivity contribution is 6.30. The third kappa shape index (κ3) is 5.35. The molecule has 3 nitrogen and oxygen atoms in total. The van der Waals surface area contributed by atoms with Crippen LogP contribution in [0.3, 0.4) is 0 Å². The van der Waals surface area contributed by atoms with Crippen molar-refractivity contribution >= 4 is 17.5 Å². The molecule has 0 heterocycles. The maximum absolute atomic E-state index is 13.0. The normalized spacial score (nSPS) is 11.3. The molecule has 0 aliphatic carbocycles. The summed E-state index contributed by atoms with van der Waals surface area (Å²) in [6.07, 6.45) is -4.40.